The van der Waals surface area contributed by atoms with Gasteiger partial charge in [0.2, 0.25) is 11.8 Å². The summed E-state index contributed by atoms with van der Waals surface area (Å²) in [5, 5.41) is 16.7. The molecule has 0 spiro atoms. The first kappa shape index (κ1) is 27.2. The number of ether oxygens (including phenoxy) is 1. The zero-order chi connectivity index (χ0) is 26.1. The summed E-state index contributed by atoms with van der Waals surface area (Å²) in [5.41, 5.74) is 6.57. The van der Waals surface area contributed by atoms with E-state index in [0.717, 1.165) is 5.39 Å². The van der Waals surface area contributed by atoms with E-state index >= 15 is 0 Å². The molecule has 1 aromatic carbocycles. The van der Waals surface area contributed by atoms with Gasteiger partial charge in [0.15, 0.2) is 0 Å². The van der Waals surface area contributed by atoms with Crippen molar-refractivity contribution in [1.29, 1.82) is 0 Å². The minimum Gasteiger partial charge on any atom is -0.496 e. The van der Waals surface area contributed by atoms with Crippen LogP contribution in [-0.4, -0.2) is 55.2 Å². The van der Waals surface area contributed by atoms with Crippen molar-refractivity contribution in [3.05, 3.63) is 39.2 Å². The lowest BCUT2D eigenvalue weighted by Crippen LogP contribution is -2.48. The first-order valence-electron chi connectivity index (χ1n) is 11.0. The van der Waals surface area contributed by atoms with Crippen molar-refractivity contribution >= 4 is 34.8 Å². The van der Waals surface area contributed by atoms with E-state index in [4.69, 9.17) is 20.0 Å². The van der Waals surface area contributed by atoms with Gasteiger partial charge in [-0.05, 0) is 50.8 Å². The lowest BCUT2D eigenvalue weighted by atomic mass is 10.00. The van der Waals surface area contributed by atoms with Crippen LogP contribution in [0.1, 0.15) is 36.0 Å². The fourth-order valence-corrected chi connectivity index (χ4v) is 3.66. The number of urea groups is 1. The maximum Gasteiger partial charge on any atom is 0.339 e. The molecule has 35 heavy (non-hydrogen) atoms. The summed E-state index contributed by atoms with van der Waals surface area (Å²) in [6, 6.07) is 1.81. The van der Waals surface area contributed by atoms with Gasteiger partial charge in [-0.3, -0.25) is 14.4 Å². The second-order valence-corrected chi connectivity index (χ2v) is 7.93. The maximum absolute atomic E-state index is 12.6. The fourth-order valence-electron chi connectivity index (χ4n) is 3.66. The molecule has 0 aliphatic rings. The highest BCUT2D eigenvalue weighted by Crippen LogP contribution is 2.29. The van der Waals surface area contributed by atoms with Gasteiger partial charge in [-0.2, -0.15) is 0 Å². The highest BCUT2D eigenvalue weighted by molar-refractivity contribution is 5.89. The Morgan fingerprint density at radius 1 is 1.14 bits per heavy atom. The second-order valence-electron chi connectivity index (χ2n) is 7.93. The van der Waals surface area contributed by atoms with Crippen LogP contribution in [0.2, 0.25) is 0 Å². The molecule has 0 saturated carbocycles. The number of fused-ring (bicyclic) bond motifs is 1. The number of carboxylic acids is 1. The number of aryl methyl sites for hydroxylation is 2. The molecule has 0 radical (unpaired) electrons. The summed E-state index contributed by atoms with van der Waals surface area (Å²) in [4.78, 5) is 59.1. The van der Waals surface area contributed by atoms with E-state index < -0.39 is 42.0 Å². The standard InChI is InChI=1S/C23H30N4O8/c1-12-14-6-8-17(34-3)13(2)20(14)35-22(32)15(12)7-9-18(28)27-16(5-4-10-25-23(24)33)21(31)26-11-19(29)30/h6,8,16H,4-5,7,9-11H2,1-3H3,(H,26,31)(H,27,28)(H,29,30)(H3,24,25,33). The number of nitrogens with one attached hydrogen (secondary N) is 3. The van der Waals surface area contributed by atoms with Gasteiger partial charge >= 0.3 is 17.6 Å². The number of benzene rings is 1. The molecular formula is C23H30N4O8. The van der Waals surface area contributed by atoms with Gasteiger partial charge in [-0.25, -0.2) is 9.59 Å². The first-order valence-corrected chi connectivity index (χ1v) is 11.0. The highest BCUT2D eigenvalue weighted by atomic mass is 16.5. The van der Waals surface area contributed by atoms with Gasteiger partial charge in [-0.1, -0.05) is 0 Å². The number of aliphatic carboxylic acids is 1. The summed E-state index contributed by atoms with van der Waals surface area (Å²) in [6.07, 6.45) is 0.419. The van der Waals surface area contributed by atoms with Gasteiger partial charge in [0.25, 0.3) is 0 Å². The molecule has 12 nitrogen and oxygen atoms in total. The SMILES string of the molecule is COc1ccc2c(C)c(CCC(=O)NC(CCCNC(N)=O)C(=O)NCC(=O)O)c(=O)oc2c1C. The molecule has 2 rings (SSSR count). The van der Waals surface area contributed by atoms with E-state index in [9.17, 15) is 24.0 Å². The van der Waals surface area contributed by atoms with E-state index in [-0.39, 0.29) is 25.8 Å². The smallest absolute Gasteiger partial charge is 0.339 e. The average molecular weight is 491 g/mol. The Kier molecular flexibility index (Phi) is 9.62. The molecule has 0 fully saturated rings. The molecule has 1 unspecified atom stereocenters. The molecule has 0 aliphatic carbocycles. The van der Waals surface area contributed by atoms with Gasteiger partial charge in [-0.15, -0.1) is 0 Å². The van der Waals surface area contributed by atoms with Crippen LogP contribution in [0.5, 0.6) is 5.75 Å². The number of carbonyl (C=O) groups excluding carboxylic acids is 3. The van der Waals surface area contributed by atoms with Crippen LogP contribution in [0.25, 0.3) is 11.0 Å². The molecule has 190 valence electrons. The number of rotatable bonds is 12. The molecule has 4 amide bonds. The Labute approximate surface area is 201 Å². The summed E-state index contributed by atoms with van der Waals surface area (Å²) < 4.78 is 10.8. The highest BCUT2D eigenvalue weighted by Gasteiger charge is 2.22. The normalized spacial score (nSPS) is 11.5. The van der Waals surface area contributed by atoms with Crippen LogP contribution >= 0.6 is 0 Å². The molecule has 0 bridgehead atoms. The van der Waals surface area contributed by atoms with E-state index in [1.165, 1.54) is 7.11 Å². The first-order chi connectivity index (χ1) is 16.5. The van der Waals surface area contributed by atoms with Gasteiger partial charge < -0.3 is 35.9 Å². The summed E-state index contributed by atoms with van der Waals surface area (Å²) in [7, 11) is 1.52. The average Bonchev–Trinajstić information content (AvgIpc) is 2.79. The van der Waals surface area contributed by atoms with Crippen LogP contribution in [0, 0.1) is 13.8 Å². The monoisotopic (exact) mass is 490 g/mol. The van der Waals surface area contributed by atoms with Crippen molar-refractivity contribution in [3.8, 4) is 5.75 Å². The number of amides is 4. The number of hydrogen-bond acceptors (Lipinski definition) is 7. The minimum atomic E-state index is -1.23. The topological polar surface area (TPSA) is 190 Å². The quantitative estimate of drug-likeness (QED) is 0.210. The Morgan fingerprint density at radius 3 is 2.49 bits per heavy atom. The molecule has 2 aromatic rings. The molecule has 1 heterocycles. The number of hydrogen-bond donors (Lipinski definition) is 5. The van der Waals surface area contributed by atoms with E-state index in [0.29, 0.717) is 34.4 Å². The van der Waals surface area contributed by atoms with Gasteiger partial charge in [0.1, 0.15) is 23.9 Å². The lowest BCUT2D eigenvalue weighted by molar-refractivity contribution is -0.138. The fraction of sp³-hybridized carbons (Fsp3) is 0.435. The number of nitrogens with two attached hydrogens (primary N) is 1. The lowest BCUT2D eigenvalue weighted by Gasteiger charge is -2.18. The largest absolute Gasteiger partial charge is 0.496 e. The second kappa shape index (κ2) is 12.4. The molecule has 12 heteroatoms. The van der Waals surface area contributed by atoms with Crippen molar-refractivity contribution in [2.75, 3.05) is 20.2 Å². The third-order valence-electron chi connectivity index (χ3n) is 5.51. The number of methoxy groups -OCH3 is 1. The minimum absolute atomic E-state index is 0.0771. The molecule has 1 atom stereocenters. The third-order valence-corrected chi connectivity index (χ3v) is 5.51. The molecule has 1 aromatic heterocycles. The predicted molar refractivity (Wildman–Crippen MR) is 126 cm³/mol. The van der Waals surface area contributed by atoms with Crippen LogP contribution < -0.4 is 32.0 Å². The Balaban J connectivity index is 2.11. The number of primary amides is 1. The van der Waals surface area contributed by atoms with Crippen LogP contribution in [-0.2, 0) is 20.8 Å². The summed E-state index contributed by atoms with van der Waals surface area (Å²) in [6.45, 7) is 3.12. The van der Waals surface area contributed by atoms with Crippen LogP contribution in [0.4, 0.5) is 4.79 Å². The van der Waals surface area contributed by atoms with Crippen molar-refractivity contribution in [3.63, 3.8) is 0 Å². The van der Waals surface area contributed by atoms with Crippen LogP contribution in [0.15, 0.2) is 21.3 Å². The summed E-state index contributed by atoms with van der Waals surface area (Å²) in [5.74, 6) is -1.82. The number of carbonyl (C=O) groups is 4. The van der Waals surface area contributed by atoms with Crippen molar-refractivity contribution in [2.45, 2.75) is 45.6 Å². The third kappa shape index (κ3) is 7.45. The van der Waals surface area contributed by atoms with Crippen LogP contribution in [0.3, 0.4) is 0 Å². The van der Waals surface area contributed by atoms with Gasteiger partial charge in [0.05, 0.1) is 7.11 Å². The van der Waals surface area contributed by atoms with E-state index in [1.807, 2.05) is 0 Å². The van der Waals surface area contributed by atoms with E-state index in [2.05, 4.69) is 16.0 Å². The molecule has 0 aliphatic heterocycles. The number of carboxylic acid groups (broad SMARTS) is 1. The maximum atomic E-state index is 12.6. The van der Waals surface area contributed by atoms with Crippen molar-refractivity contribution in [1.82, 2.24) is 16.0 Å². The van der Waals surface area contributed by atoms with E-state index in [1.54, 1.807) is 26.0 Å². The Bertz CT molecular complexity index is 1170. The zero-order valence-corrected chi connectivity index (χ0v) is 19.9. The Morgan fingerprint density at radius 2 is 1.86 bits per heavy atom. The molecular weight excluding hydrogens is 460 g/mol. The molecule has 0 saturated heterocycles. The predicted octanol–water partition coefficient (Wildman–Crippen LogP) is 0.485. The Hall–Kier alpha value is -4.09. The zero-order valence-electron chi connectivity index (χ0n) is 19.9. The summed E-state index contributed by atoms with van der Waals surface area (Å²) >= 11 is 0. The van der Waals surface area contributed by atoms with Crippen molar-refractivity contribution in [2.24, 2.45) is 5.73 Å². The van der Waals surface area contributed by atoms with Gasteiger partial charge in [0, 0.05) is 29.5 Å². The van der Waals surface area contributed by atoms with Crippen molar-refractivity contribution < 1.29 is 33.4 Å². The molecule has 6 N–H and O–H groups in total.